The van der Waals surface area contributed by atoms with Crippen molar-refractivity contribution in [2.45, 2.75) is 175 Å². The summed E-state index contributed by atoms with van der Waals surface area (Å²) in [5, 5.41) is 0.208. The predicted octanol–water partition coefficient (Wildman–Crippen LogP) is 11.7. The van der Waals surface area contributed by atoms with Gasteiger partial charge in [0.15, 0.2) is 0 Å². The number of amides is 1. The highest BCUT2D eigenvalue weighted by atomic mass is 32.2. The lowest BCUT2D eigenvalue weighted by molar-refractivity contribution is -0.143. The van der Waals surface area contributed by atoms with Gasteiger partial charge in [-0.15, -0.1) is 0 Å². The van der Waals surface area contributed by atoms with Gasteiger partial charge in [0.1, 0.15) is 13.2 Å². The Balaban J connectivity index is 4.24. The third kappa shape index (κ3) is 33.3. The summed E-state index contributed by atoms with van der Waals surface area (Å²) in [5.41, 5.74) is 0. The van der Waals surface area contributed by atoms with E-state index in [0.29, 0.717) is 26.1 Å². The van der Waals surface area contributed by atoms with Crippen molar-refractivity contribution in [1.82, 2.24) is 9.80 Å². The molecule has 0 radical (unpaired) electrons. The van der Waals surface area contributed by atoms with E-state index < -0.39 is 0 Å². The summed E-state index contributed by atoms with van der Waals surface area (Å²) < 4.78 is 10.7. The molecule has 0 aliphatic rings. The van der Waals surface area contributed by atoms with Gasteiger partial charge in [-0.2, -0.15) is 0 Å². The number of carbonyl (C=O) groups excluding carboxylic acids is 3. The lowest BCUT2D eigenvalue weighted by atomic mass is 10.1. The lowest BCUT2D eigenvalue weighted by Gasteiger charge is -2.23. The number of ether oxygens (including phenoxy) is 2. The highest BCUT2D eigenvalue weighted by molar-refractivity contribution is 8.13. The first kappa shape index (κ1) is 48.2. The first-order valence-electron chi connectivity index (χ1n) is 20.7. The van der Waals surface area contributed by atoms with Gasteiger partial charge < -0.3 is 19.3 Å². The van der Waals surface area contributed by atoms with E-state index in [2.05, 4.69) is 49.6 Å². The van der Waals surface area contributed by atoms with Crippen LogP contribution in [0.4, 0.5) is 4.79 Å². The smallest absolute Gasteiger partial charge is 0.306 e. The molecule has 0 rings (SSSR count). The first-order chi connectivity index (χ1) is 24.5. The van der Waals surface area contributed by atoms with E-state index in [0.717, 1.165) is 122 Å². The van der Waals surface area contributed by atoms with Gasteiger partial charge in [-0.25, -0.2) is 0 Å². The molecular weight excluding hydrogens is 645 g/mol. The second kappa shape index (κ2) is 38.4. The van der Waals surface area contributed by atoms with Crippen molar-refractivity contribution in [1.29, 1.82) is 0 Å². The molecule has 7 nitrogen and oxygen atoms in total. The molecule has 0 fully saturated rings. The maximum absolute atomic E-state index is 13.1. The molecule has 0 heterocycles. The summed E-state index contributed by atoms with van der Waals surface area (Å²) in [6.45, 7) is 14.3. The first-order valence-corrected chi connectivity index (χ1v) is 21.7. The minimum Gasteiger partial charge on any atom is -0.461 e. The summed E-state index contributed by atoms with van der Waals surface area (Å²) >= 11 is 1.47. The molecule has 0 unspecified atom stereocenters. The van der Waals surface area contributed by atoms with Crippen molar-refractivity contribution in [2.75, 3.05) is 51.7 Å². The minimum atomic E-state index is -0.105. The topological polar surface area (TPSA) is 76.1 Å². The van der Waals surface area contributed by atoms with Gasteiger partial charge in [0, 0.05) is 31.7 Å². The summed E-state index contributed by atoms with van der Waals surface area (Å²) in [6.07, 6.45) is 32.3. The fraction of sp³-hybridized carbons (Fsp3) is 0.833. The van der Waals surface area contributed by atoms with E-state index in [1.807, 2.05) is 12.2 Å². The Labute approximate surface area is 313 Å². The minimum absolute atomic E-state index is 0.105. The van der Waals surface area contributed by atoms with E-state index >= 15 is 0 Å². The zero-order valence-electron chi connectivity index (χ0n) is 33.1. The van der Waals surface area contributed by atoms with Crippen LogP contribution in [0.1, 0.15) is 175 Å². The highest BCUT2D eigenvalue weighted by Crippen LogP contribution is 2.16. The molecule has 0 aromatic rings. The van der Waals surface area contributed by atoms with Gasteiger partial charge >= 0.3 is 11.9 Å². The molecule has 0 N–H and O–H groups in total. The Bertz CT molecular complexity index is 794. The van der Waals surface area contributed by atoms with Crippen molar-refractivity contribution in [3.63, 3.8) is 0 Å². The van der Waals surface area contributed by atoms with Crippen molar-refractivity contribution in [3.8, 4) is 0 Å². The number of hydrogen-bond donors (Lipinski definition) is 0. The van der Waals surface area contributed by atoms with Gasteiger partial charge in [0.05, 0.1) is 0 Å². The third-order valence-corrected chi connectivity index (χ3v) is 10.1. The Hall–Kier alpha value is -1.80. The average molecular weight is 723 g/mol. The molecule has 0 aliphatic heterocycles. The van der Waals surface area contributed by atoms with Crippen LogP contribution < -0.4 is 0 Å². The summed E-state index contributed by atoms with van der Waals surface area (Å²) in [5.74, 6) is 0.653. The van der Waals surface area contributed by atoms with Crippen molar-refractivity contribution >= 4 is 28.9 Å². The Morgan fingerprint density at radius 3 is 1.40 bits per heavy atom. The second-order valence-electron chi connectivity index (χ2n) is 13.5. The quantitative estimate of drug-likeness (QED) is 0.0362. The van der Waals surface area contributed by atoms with Crippen LogP contribution in [0.25, 0.3) is 0 Å². The number of carbonyl (C=O) groups is 3. The van der Waals surface area contributed by atoms with Crippen LogP contribution >= 0.6 is 11.8 Å². The van der Waals surface area contributed by atoms with Crippen LogP contribution in [-0.4, -0.2) is 78.7 Å². The zero-order valence-corrected chi connectivity index (χ0v) is 33.9. The van der Waals surface area contributed by atoms with Crippen molar-refractivity contribution in [3.05, 3.63) is 24.3 Å². The van der Waals surface area contributed by atoms with E-state index in [4.69, 9.17) is 9.47 Å². The molecule has 0 saturated heterocycles. The average Bonchev–Trinajstić information content (AvgIpc) is 3.12. The van der Waals surface area contributed by atoms with Crippen LogP contribution in [0, 0.1) is 0 Å². The fourth-order valence-electron chi connectivity index (χ4n) is 5.75. The molecule has 0 aliphatic carbocycles. The zero-order chi connectivity index (χ0) is 36.8. The molecular formula is C42H78N2O5S. The normalized spacial score (nSPS) is 11.6. The molecule has 0 aromatic heterocycles. The number of esters is 2. The summed E-state index contributed by atoms with van der Waals surface area (Å²) in [7, 11) is 0. The molecule has 0 atom stereocenters. The van der Waals surface area contributed by atoms with Crippen LogP contribution in [0.5, 0.6) is 0 Å². The predicted molar refractivity (Wildman–Crippen MR) is 215 cm³/mol. The largest absolute Gasteiger partial charge is 0.461 e. The maximum Gasteiger partial charge on any atom is 0.306 e. The number of rotatable bonds is 36. The van der Waals surface area contributed by atoms with Crippen LogP contribution in [-0.2, 0) is 19.1 Å². The summed E-state index contributed by atoms with van der Waals surface area (Å²) in [4.78, 5) is 41.7. The number of hydrogen-bond acceptors (Lipinski definition) is 7. The maximum atomic E-state index is 13.1. The molecule has 50 heavy (non-hydrogen) atoms. The third-order valence-electron chi connectivity index (χ3n) is 9.08. The Morgan fingerprint density at radius 2 is 0.940 bits per heavy atom. The highest BCUT2D eigenvalue weighted by Gasteiger charge is 2.14. The van der Waals surface area contributed by atoms with E-state index in [1.165, 1.54) is 63.1 Å². The number of thioether (sulfide) groups is 1. The van der Waals surface area contributed by atoms with E-state index in [-0.39, 0.29) is 17.2 Å². The lowest BCUT2D eigenvalue weighted by Crippen LogP contribution is -2.30. The number of allylic oxidation sites excluding steroid dienone is 2. The Morgan fingerprint density at radius 1 is 0.500 bits per heavy atom. The van der Waals surface area contributed by atoms with E-state index in [9.17, 15) is 14.4 Å². The molecule has 8 heteroatoms. The second-order valence-corrected chi connectivity index (χ2v) is 14.6. The van der Waals surface area contributed by atoms with Gasteiger partial charge in [-0.3, -0.25) is 14.4 Å². The number of nitrogens with zero attached hydrogens (tertiary/aromatic N) is 2. The monoisotopic (exact) mass is 723 g/mol. The van der Waals surface area contributed by atoms with Crippen LogP contribution in [0.3, 0.4) is 0 Å². The SMILES string of the molecule is CCCCCCC=CCOC(=O)CCCCCCCN(CCCCCCCC(=O)OCC=CCCCCCC)C(=O)SCCCN(CC)CC. The van der Waals surface area contributed by atoms with Gasteiger partial charge in [0.2, 0.25) is 0 Å². The molecule has 1 amide bonds. The van der Waals surface area contributed by atoms with Gasteiger partial charge in [0.25, 0.3) is 5.24 Å². The van der Waals surface area contributed by atoms with Gasteiger partial charge in [-0.05, 0) is 77.4 Å². The molecule has 0 saturated carbocycles. The summed E-state index contributed by atoms with van der Waals surface area (Å²) in [6, 6.07) is 0. The van der Waals surface area contributed by atoms with Gasteiger partial charge in [-0.1, -0.05) is 141 Å². The standard InChI is InChI=1S/C42H78N2O5S/c1-5-9-11-13-15-23-29-37-48-40(45)32-25-19-17-21-27-35-44(42(47)50-39-31-34-43(7-3)8-4)36-28-22-18-20-26-33-41(46)49-38-30-24-16-14-12-10-6-2/h23-24,29-30H,5-22,25-28,31-39H2,1-4H3. The van der Waals surface area contributed by atoms with E-state index in [1.54, 1.807) is 0 Å². The molecule has 0 spiro atoms. The van der Waals surface area contributed by atoms with Crippen LogP contribution in [0.15, 0.2) is 24.3 Å². The molecule has 0 bridgehead atoms. The van der Waals surface area contributed by atoms with Crippen molar-refractivity contribution in [2.24, 2.45) is 0 Å². The Kier molecular flexibility index (Phi) is 37.0. The fourth-order valence-corrected chi connectivity index (χ4v) is 6.57. The number of unbranched alkanes of at least 4 members (excludes halogenated alkanes) is 16. The van der Waals surface area contributed by atoms with Crippen LogP contribution in [0.2, 0.25) is 0 Å². The van der Waals surface area contributed by atoms with Crippen molar-refractivity contribution < 1.29 is 23.9 Å². The molecule has 0 aromatic carbocycles. The molecule has 292 valence electrons.